The molecule has 0 atom stereocenters. The van der Waals surface area contributed by atoms with Crippen LogP contribution in [0.25, 0.3) is 0 Å². The van der Waals surface area contributed by atoms with E-state index in [1.54, 1.807) is 48.5 Å². The van der Waals surface area contributed by atoms with Crippen LogP contribution in [0.2, 0.25) is 0 Å². The van der Waals surface area contributed by atoms with E-state index in [0.29, 0.717) is 48.9 Å². The van der Waals surface area contributed by atoms with Crippen LogP contribution in [0.15, 0.2) is 48.5 Å². The van der Waals surface area contributed by atoms with Crippen LogP contribution in [0.4, 0.5) is 0 Å². The maximum atomic E-state index is 11.7. The molecule has 0 saturated heterocycles. The first-order chi connectivity index (χ1) is 13.2. The van der Waals surface area contributed by atoms with E-state index in [4.69, 9.17) is 18.9 Å². The van der Waals surface area contributed by atoms with Crippen molar-refractivity contribution in [2.24, 2.45) is 0 Å². The first-order valence-corrected chi connectivity index (χ1v) is 8.48. The van der Waals surface area contributed by atoms with E-state index in [0.717, 1.165) is 0 Å². The molecule has 0 unspecified atom stereocenters. The minimum Gasteiger partial charge on any atom is -0.491 e. The topological polar surface area (TPSA) is 83.1 Å². The van der Waals surface area contributed by atoms with Gasteiger partial charge in [-0.05, 0) is 24.3 Å². The Labute approximate surface area is 158 Å². The van der Waals surface area contributed by atoms with Crippen molar-refractivity contribution in [2.45, 2.75) is 0 Å². The summed E-state index contributed by atoms with van der Waals surface area (Å²) in [6, 6.07) is 13.8. The molecule has 0 amide bonds. The highest BCUT2D eigenvalue weighted by molar-refractivity contribution is 5.92. The number of para-hydroxylation sites is 2. The second kappa shape index (κ2) is 10.8. The van der Waals surface area contributed by atoms with Gasteiger partial charge in [-0.1, -0.05) is 24.3 Å². The summed E-state index contributed by atoms with van der Waals surface area (Å²) in [7, 11) is 2.66. The van der Waals surface area contributed by atoms with Crippen molar-refractivity contribution in [1.29, 1.82) is 0 Å². The van der Waals surface area contributed by atoms with Crippen LogP contribution in [-0.4, -0.2) is 52.5 Å². The van der Waals surface area contributed by atoms with Crippen molar-refractivity contribution in [3.8, 4) is 11.5 Å². The Hall–Kier alpha value is -3.06. The van der Waals surface area contributed by atoms with Crippen LogP contribution in [0, 0.1) is 0 Å². The molecule has 0 heterocycles. The molecule has 0 radical (unpaired) electrons. The SMILES string of the molecule is COC(=O)c1ccccc1OCCNCCOc1ccccc1C(=O)OC. The lowest BCUT2D eigenvalue weighted by atomic mass is 10.2. The first kappa shape index (κ1) is 20.3. The molecular weight excluding hydrogens is 350 g/mol. The molecule has 1 N–H and O–H groups in total. The van der Waals surface area contributed by atoms with Gasteiger partial charge in [0.1, 0.15) is 35.8 Å². The minimum atomic E-state index is -0.434. The molecule has 7 heteroatoms. The van der Waals surface area contributed by atoms with Gasteiger partial charge in [-0.25, -0.2) is 9.59 Å². The molecule has 2 aromatic rings. The number of ether oxygens (including phenoxy) is 4. The van der Waals surface area contributed by atoms with Crippen molar-refractivity contribution in [1.82, 2.24) is 5.32 Å². The number of methoxy groups -OCH3 is 2. The highest BCUT2D eigenvalue weighted by Crippen LogP contribution is 2.19. The van der Waals surface area contributed by atoms with Crippen LogP contribution >= 0.6 is 0 Å². The molecule has 2 aromatic carbocycles. The molecular formula is C20H23NO6. The zero-order valence-electron chi connectivity index (χ0n) is 15.4. The van der Waals surface area contributed by atoms with E-state index in [1.807, 2.05) is 0 Å². The van der Waals surface area contributed by atoms with Gasteiger partial charge in [0.25, 0.3) is 0 Å². The van der Waals surface area contributed by atoms with Crippen LogP contribution in [0.1, 0.15) is 20.7 Å². The number of carbonyl (C=O) groups excluding carboxylic acids is 2. The van der Waals surface area contributed by atoms with Gasteiger partial charge in [0, 0.05) is 13.1 Å². The Balaban J connectivity index is 1.71. The van der Waals surface area contributed by atoms with Crippen molar-refractivity contribution < 1.29 is 28.5 Å². The molecule has 0 aliphatic heterocycles. The number of benzene rings is 2. The van der Waals surface area contributed by atoms with E-state index in [9.17, 15) is 9.59 Å². The quantitative estimate of drug-likeness (QED) is 0.505. The number of nitrogens with one attached hydrogen (secondary N) is 1. The van der Waals surface area contributed by atoms with Gasteiger partial charge < -0.3 is 24.3 Å². The Morgan fingerprint density at radius 1 is 0.741 bits per heavy atom. The Morgan fingerprint density at radius 3 is 1.56 bits per heavy atom. The zero-order chi connectivity index (χ0) is 19.5. The minimum absolute atomic E-state index is 0.382. The molecule has 0 bridgehead atoms. The molecule has 0 aliphatic carbocycles. The molecule has 144 valence electrons. The average molecular weight is 373 g/mol. The van der Waals surface area contributed by atoms with E-state index in [2.05, 4.69) is 5.32 Å². The van der Waals surface area contributed by atoms with Crippen LogP contribution in [0.5, 0.6) is 11.5 Å². The van der Waals surface area contributed by atoms with Gasteiger partial charge in [-0.15, -0.1) is 0 Å². The predicted octanol–water partition coefficient (Wildman–Crippen LogP) is 2.31. The average Bonchev–Trinajstić information content (AvgIpc) is 2.72. The van der Waals surface area contributed by atoms with Crippen molar-refractivity contribution >= 4 is 11.9 Å². The summed E-state index contributed by atoms with van der Waals surface area (Å²) in [5.74, 6) is 0.0938. The Kier molecular flexibility index (Phi) is 8.12. The number of esters is 2. The maximum Gasteiger partial charge on any atom is 0.341 e. The molecule has 7 nitrogen and oxygen atoms in total. The van der Waals surface area contributed by atoms with E-state index in [-0.39, 0.29) is 0 Å². The number of hydrogen-bond acceptors (Lipinski definition) is 7. The Bertz CT molecular complexity index is 698. The molecule has 2 rings (SSSR count). The van der Waals surface area contributed by atoms with Crippen molar-refractivity contribution in [3.05, 3.63) is 59.7 Å². The van der Waals surface area contributed by atoms with Crippen molar-refractivity contribution in [2.75, 3.05) is 40.5 Å². The Morgan fingerprint density at radius 2 is 1.15 bits per heavy atom. The lowest BCUT2D eigenvalue weighted by Crippen LogP contribution is -2.26. The standard InChI is InChI=1S/C20H23NO6/c1-24-19(22)15-7-3-5-9-17(15)26-13-11-21-12-14-27-18-10-6-4-8-16(18)20(23)25-2/h3-10,21H,11-14H2,1-2H3. The summed E-state index contributed by atoms with van der Waals surface area (Å²) in [5, 5.41) is 3.17. The van der Waals surface area contributed by atoms with E-state index in [1.165, 1.54) is 14.2 Å². The van der Waals surface area contributed by atoms with Crippen LogP contribution in [-0.2, 0) is 9.47 Å². The van der Waals surface area contributed by atoms with E-state index < -0.39 is 11.9 Å². The summed E-state index contributed by atoms with van der Waals surface area (Å²) in [6.07, 6.45) is 0. The fraction of sp³-hybridized carbons (Fsp3) is 0.300. The molecule has 0 fully saturated rings. The van der Waals surface area contributed by atoms with Crippen LogP contribution in [0.3, 0.4) is 0 Å². The molecule has 0 saturated carbocycles. The zero-order valence-corrected chi connectivity index (χ0v) is 15.4. The smallest absolute Gasteiger partial charge is 0.341 e. The second-order valence-electron chi connectivity index (χ2n) is 5.42. The molecule has 0 aliphatic rings. The van der Waals surface area contributed by atoms with Gasteiger partial charge in [0.15, 0.2) is 0 Å². The van der Waals surface area contributed by atoms with Gasteiger partial charge in [0.2, 0.25) is 0 Å². The summed E-state index contributed by atoms with van der Waals surface area (Å²) >= 11 is 0. The fourth-order valence-corrected chi connectivity index (χ4v) is 2.33. The predicted molar refractivity (Wildman–Crippen MR) is 99.4 cm³/mol. The lowest BCUT2D eigenvalue weighted by molar-refractivity contribution is 0.0587. The highest BCUT2D eigenvalue weighted by atomic mass is 16.5. The maximum absolute atomic E-state index is 11.7. The summed E-state index contributed by atoms with van der Waals surface area (Å²) in [4.78, 5) is 23.3. The van der Waals surface area contributed by atoms with Gasteiger partial charge in [-0.3, -0.25) is 0 Å². The third kappa shape index (κ3) is 6.00. The van der Waals surface area contributed by atoms with Crippen LogP contribution < -0.4 is 14.8 Å². The van der Waals surface area contributed by atoms with Crippen molar-refractivity contribution in [3.63, 3.8) is 0 Å². The normalized spacial score (nSPS) is 10.1. The van der Waals surface area contributed by atoms with E-state index >= 15 is 0 Å². The monoisotopic (exact) mass is 373 g/mol. The number of rotatable bonds is 10. The highest BCUT2D eigenvalue weighted by Gasteiger charge is 2.12. The molecule has 27 heavy (non-hydrogen) atoms. The number of hydrogen-bond donors (Lipinski definition) is 1. The third-order valence-corrected chi connectivity index (χ3v) is 3.66. The summed E-state index contributed by atoms with van der Waals surface area (Å²) in [5.41, 5.74) is 0.783. The first-order valence-electron chi connectivity index (χ1n) is 8.48. The van der Waals surface area contributed by atoms with Gasteiger partial charge in [-0.2, -0.15) is 0 Å². The largest absolute Gasteiger partial charge is 0.491 e. The third-order valence-electron chi connectivity index (χ3n) is 3.66. The molecule has 0 aromatic heterocycles. The summed E-state index contributed by atoms with van der Waals surface area (Å²) in [6.45, 7) is 1.90. The number of carbonyl (C=O) groups is 2. The van der Waals surface area contributed by atoms with Gasteiger partial charge in [0.05, 0.1) is 14.2 Å². The molecule has 0 spiro atoms. The lowest BCUT2D eigenvalue weighted by Gasteiger charge is -2.12. The summed E-state index contributed by atoms with van der Waals surface area (Å²) < 4.78 is 20.7. The second-order valence-corrected chi connectivity index (χ2v) is 5.42. The fourth-order valence-electron chi connectivity index (χ4n) is 2.33. The van der Waals surface area contributed by atoms with Gasteiger partial charge >= 0.3 is 11.9 Å².